The van der Waals surface area contributed by atoms with E-state index in [1.54, 1.807) is 0 Å². The van der Waals surface area contributed by atoms with Crippen molar-refractivity contribution in [3.63, 3.8) is 0 Å². The molecule has 11 heteroatoms. The Morgan fingerprint density at radius 1 is 0.632 bits per heavy atom. The Morgan fingerprint density at radius 3 is 1.11 bits per heavy atom. The number of alkyl halides is 8. The van der Waals surface area contributed by atoms with Crippen molar-refractivity contribution in [1.29, 1.82) is 0 Å². The maximum Gasteiger partial charge on any atom is 0.383 e. The van der Waals surface area contributed by atoms with Gasteiger partial charge < -0.3 is 4.74 Å². The molecule has 0 aliphatic rings. The highest BCUT2D eigenvalue weighted by atomic mass is 19.3. The van der Waals surface area contributed by atoms with Gasteiger partial charge in [-0.05, 0) is 0 Å². The van der Waals surface area contributed by atoms with Crippen molar-refractivity contribution in [2.45, 2.75) is 38.3 Å². The number of ether oxygens (including phenoxy) is 3. The first-order chi connectivity index (χ1) is 8.12. The first-order valence-electron chi connectivity index (χ1n) is 4.61. The van der Waals surface area contributed by atoms with Gasteiger partial charge in [-0.1, -0.05) is 0 Å². The lowest BCUT2D eigenvalue weighted by molar-refractivity contribution is -0.397. The molecule has 0 aromatic rings. The molecule has 0 rings (SSSR count). The van der Waals surface area contributed by atoms with Crippen LogP contribution in [0.5, 0.6) is 0 Å². The summed E-state index contributed by atoms with van der Waals surface area (Å²) in [6.45, 7) is -3.97. The summed E-state index contributed by atoms with van der Waals surface area (Å²) in [6.07, 6.45) is -17.6. The number of hydrogen-bond donors (Lipinski definition) is 0. The van der Waals surface area contributed by atoms with Gasteiger partial charge in [0.1, 0.15) is 13.2 Å². The zero-order chi connectivity index (χ0) is 15.5. The van der Waals surface area contributed by atoms with Gasteiger partial charge in [0.2, 0.25) is 0 Å². The van der Waals surface area contributed by atoms with Crippen molar-refractivity contribution in [3.8, 4) is 0 Å². The molecule has 0 aromatic heterocycles. The van der Waals surface area contributed by atoms with Gasteiger partial charge in [0.05, 0.1) is 0 Å². The van der Waals surface area contributed by atoms with E-state index in [1.165, 1.54) is 0 Å². The van der Waals surface area contributed by atoms with Crippen LogP contribution in [-0.4, -0.2) is 37.6 Å². The molecule has 0 heterocycles. The molecule has 0 fully saturated rings. The van der Waals surface area contributed by atoms with E-state index in [9.17, 15) is 35.1 Å². The van der Waals surface area contributed by atoms with Crippen LogP contribution in [0.25, 0.3) is 0 Å². The van der Waals surface area contributed by atoms with Crippen molar-refractivity contribution >= 4 is 0 Å². The van der Waals surface area contributed by atoms with Crippen LogP contribution in [0, 0.1) is 0 Å². The molecule has 0 aliphatic carbocycles. The average molecular weight is 306 g/mol. The molecule has 0 atom stereocenters. The predicted octanol–water partition coefficient (Wildman–Crippen LogP) is 3.45. The highest BCUT2D eigenvalue weighted by molar-refractivity contribution is 4.58. The molecule has 0 spiro atoms. The molecule has 0 radical (unpaired) electrons. The molecular weight excluding hydrogens is 296 g/mol. The van der Waals surface area contributed by atoms with Gasteiger partial charge >= 0.3 is 24.4 Å². The Hall–Kier alpha value is -0.680. The zero-order valence-corrected chi connectivity index (χ0v) is 9.66. The number of hydrogen-bond acceptors (Lipinski definition) is 3. The second kappa shape index (κ2) is 5.75. The van der Waals surface area contributed by atoms with Gasteiger partial charge in [0, 0.05) is 13.8 Å². The second-order valence-electron chi connectivity index (χ2n) is 3.59. The fourth-order valence-corrected chi connectivity index (χ4v) is 0.872. The maximum absolute atomic E-state index is 12.6. The molecular formula is C8H10F8O3. The molecule has 19 heavy (non-hydrogen) atoms. The SMILES string of the molecule is CC(F)(F)OC(F)(F)COCC(F)(F)OC(C)(F)F. The first-order valence-corrected chi connectivity index (χ1v) is 4.61. The third-order valence-electron chi connectivity index (χ3n) is 1.20. The lowest BCUT2D eigenvalue weighted by Crippen LogP contribution is -2.39. The van der Waals surface area contributed by atoms with Gasteiger partial charge in [-0.3, -0.25) is 9.47 Å². The normalized spacial score (nSPS) is 14.8. The molecule has 0 aromatic carbocycles. The van der Waals surface area contributed by atoms with Crippen LogP contribution in [0.3, 0.4) is 0 Å². The summed E-state index contributed by atoms with van der Waals surface area (Å²) < 4.78 is 108. The summed E-state index contributed by atoms with van der Waals surface area (Å²) in [5.41, 5.74) is 0. The summed E-state index contributed by atoms with van der Waals surface area (Å²) in [4.78, 5) is 0. The topological polar surface area (TPSA) is 27.7 Å². The minimum atomic E-state index is -4.57. The van der Waals surface area contributed by atoms with Crippen LogP contribution >= 0.6 is 0 Å². The molecule has 0 unspecified atom stereocenters. The summed E-state index contributed by atoms with van der Waals surface area (Å²) in [5, 5.41) is 0. The van der Waals surface area contributed by atoms with Crippen molar-refractivity contribution in [1.82, 2.24) is 0 Å². The van der Waals surface area contributed by atoms with Crippen LogP contribution in [0.4, 0.5) is 35.1 Å². The van der Waals surface area contributed by atoms with E-state index in [1.807, 2.05) is 0 Å². The van der Waals surface area contributed by atoms with E-state index in [0.717, 1.165) is 0 Å². The zero-order valence-electron chi connectivity index (χ0n) is 9.66. The molecule has 0 bridgehead atoms. The highest BCUT2D eigenvalue weighted by Gasteiger charge is 2.44. The van der Waals surface area contributed by atoms with Crippen LogP contribution in [0.15, 0.2) is 0 Å². The van der Waals surface area contributed by atoms with E-state index < -0.39 is 37.6 Å². The quantitative estimate of drug-likeness (QED) is 0.643. The van der Waals surface area contributed by atoms with E-state index in [0.29, 0.717) is 0 Å². The predicted molar refractivity (Wildman–Crippen MR) is 44.1 cm³/mol. The lowest BCUT2D eigenvalue weighted by Gasteiger charge is -2.23. The minimum absolute atomic E-state index is 0.00371. The van der Waals surface area contributed by atoms with Crippen molar-refractivity contribution in [3.05, 3.63) is 0 Å². The van der Waals surface area contributed by atoms with Crippen LogP contribution < -0.4 is 0 Å². The van der Waals surface area contributed by atoms with E-state index in [4.69, 9.17) is 0 Å². The van der Waals surface area contributed by atoms with Gasteiger partial charge in [-0.2, -0.15) is 35.1 Å². The van der Waals surface area contributed by atoms with Crippen LogP contribution in [0.1, 0.15) is 13.8 Å². The average Bonchev–Trinajstić information content (AvgIpc) is 1.90. The van der Waals surface area contributed by atoms with Gasteiger partial charge in [-0.15, -0.1) is 0 Å². The molecule has 0 saturated heterocycles. The summed E-state index contributed by atoms with van der Waals surface area (Å²) in [5.74, 6) is 0. The van der Waals surface area contributed by atoms with E-state index in [-0.39, 0.29) is 13.8 Å². The summed E-state index contributed by atoms with van der Waals surface area (Å²) >= 11 is 0. The van der Waals surface area contributed by atoms with Gasteiger partial charge in [0.25, 0.3) is 0 Å². The Labute approximate surface area is 102 Å². The molecule has 116 valence electrons. The Morgan fingerprint density at radius 2 is 0.895 bits per heavy atom. The van der Waals surface area contributed by atoms with Crippen LogP contribution in [-0.2, 0) is 14.2 Å². The molecule has 0 aliphatic heterocycles. The second-order valence-corrected chi connectivity index (χ2v) is 3.59. The minimum Gasteiger partial charge on any atom is -0.363 e. The van der Waals surface area contributed by atoms with Gasteiger partial charge in [0.15, 0.2) is 0 Å². The molecule has 0 amide bonds. The fraction of sp³-hybridized carbons (Fsp3) is 1.00. The number of halogens is 8. The van der Waals surface area contributed by atoms with Crippen molar-refractivity contribution < 1.29 is 49.3 Å². The monoisotopic (exact) mass is 306 g/mol. The standard InChI is InChI=1S/C8H10F8O3/c1-5(9,10)18-7(13,14)3-17-4-8(15,16)19-6(2,11)12/h3-4H2,1-2H3. The largest absolute Gasteiger partial charge is 0.383 e. The van der Waals surface area contributed by atoms with Crippen molar-refractivity contribution in [2.75, 3.05) is 13.2 Å². The van der Waals surface area contributed by atoms with Gasteiger partial charge in [-0.25, -0.2) is 0 Å². The Kier molecular flexibility index (Phi) is 5.55. The fourth-order valence-electron chi connectivity index (χ4n) is 0.872. The number of rotatable bonds is 8. The molecule has 3 nitrogen and oxygen atoms in total. The maximum atomic E-state index is 12.6. The molecule has 0 saturated carbocycles. The third kappa shape index (κ3) is 10.9. The smallest absolute Gasteiger partial charge is 0.363 e. The highest BCUT2D eigenvalue weighted by Crippen LogP contribution is 2.29. The van der Waals surface area contributed by atoms with Crippen LogP contribution in [0.2, 0.25) is 0 Å². The summed E-state index contributed by atoms with van der Waals surface area (Å²) in [6, 6.07) is 0. The lowest BCUT2D eigenvalue weighted by atomic mass is 10.6. The van der Waals surface area contributed by atoms with E-state index >= 15 is 0 Å². The van der Waals surface area contributed by atoms with E-state index in [2.05, 4.69) is 14.2 Å². The molecule has 0 N–H and O–H groups in total. The first kappa shape index (κ1) is 18.3. The third-order valence-corrected chi connectivity index (χ3v) is 1.20. The Bertz CT molecular complexity index is 255. The summed E-state index contributed by atoms with van der Waals surface area (Å²) in [7, 11) is 0. The van der Waals surface area contributed by atoms with Crippen molar-refractivity contribution in [2.24, 2.45) is 0 Å². The Balaban J connectivity index is 4.21.